The van der Waals surface area contributed by atoms with Gasteiger partial charge in [-0.15, -0.1) is 16.4 Å². The van der Waals surface area contributed by atoms with E-state index in [0.29, 0.717) is 11.0 Å². The molecule has 0 aliphatic carbocycles. The third kappa shape index (κ3) is 4.09. The van der Waals surface area contributed by atoms with Crippen molar-refractivity contribution in [1.82, 2.24) is 19.7 Å². The summed E-state index contributed by atoms with van der Waals surface area (Å²) in [5.74, 6) is 0.323. The van der Waals surface area contributed by atoms with E-state index in [2.05, 4.69) is 41.2 Å². The van der Waals surface area contributed by atoms with Crippen molar-refractivity contribution in [1.29, 1.82) is 0 Å². The summed E-state index contributed by atoms with van der Waals surface area (Å²) in [7, 11) is 0. The van der Waals surface area contributed by atoms with Crippen LogP contribution in [0, 0.1) is 0 Å². The summed E-state index contributed by atoms with van der Waals surface area (Å²) in [5, 5.41) is 9.80. The fourth-order valence-electron chi connectivity index (χ4n) is 2.76. The molecule has 0 bridgehead atoms. The number of anilines is 1. The van der Waals surface area contributed by atoms with Gasteiger partial charge in [0.05, 0.1) is 11.4 Å². The van der Waals surface area contributed by atoms with E-state index in [4.69, 9.17) is 0 Å². The molecule has 146 valence electrons. The van der Waals surface area contributed by atoms with Crippen LogP contribution < -0.4 is 5.32 Å². The Morgan fingerprint density at radius 2 is 1.62 bits per heavy atom. The largest absolute Gasteiger partial charge is 0.297 e. The molecule has 0 aliphatic rings. The van der Waals surface area contributed by atoms with Crippen molar-refractivity contribution in [2.24, 2.45) is 0 Å². The van der Waals surface area contributed by atoms with Gasteiger partial charge >= 0.3 is 0 Å². The Balaban J connectivity index is 1.68. The number of para-hydroxylation sites is 1. The van der Waals surface area contributed by atoms with Gasteiger partial charge in [0.15, 0.2) is 11.0 Å². The minimum atomic E-state index is -0.383. The predicted octanol–water partition coefficient (Wildman–Crippen LogP) is 4.94. The molecule has 0 spiro atoms. The van der Waals surface area contributed by atoms with Crippen molar-refractivity contribution in [3.8, 4) is 17.1 Å². The lowest BCUT2D eigenvalue weighted by molar-refractivity contribution is 0.101. The molecule has 0 aliphatic heterocycles. The first-order valence-corrected chi connectivity index (χ1v) is 10.1. The third-order valence-corrected chi connectivity index (χ3v) is 5.09. The molecule has 1 amide bonds. The second-order valence-corrected chi connectivity index (χ2v) is 8.47. The normalized spacial score (nSPS) is 11.4. The smallest absolute Gasteiger partial charge is 0.295 e. The third-order valence-electron chi connectivity index (χ3n) is 4.34. The highest BCUT2D eigenvalue weighted by Gasteiger charge is 2.21. The maximum atomic E-state index is 12.8. The zero-order valence-electron chi connectivity index (χ0n) is 16.5. The summed E-state index contributed by atoms with van der Waals surface area (Å²) in [4.78, 5) is 21.9. The van der Waals surface area contributed by atoms with Gasteiger partial charge in [-0.1, -0.05) is 69.3 Å². The molecule has 7 heteroatoms. The Bertz CT molecular complexity index is 1070. The quantitative estimate of drug-likeness (QED) is 0.524. The zero-order valence-corrected chi connectivity index (χ0v) is 17.3. The van der Waals surface area contributed by atoms with Crippen LogP contribution in [0.3, 0.4) is 0 Å². The summed E-state index contributed by atoms with van der Waals surface area (Å²) in [5.41, 5.74) is 2.58. The molecule has 1 N–H and O–H groups in total. The van der Waals surface area contributed by atoms with Crippen molar-refractivity contribution in [3.05, 3.63) is 77.6 Å². The number of carbonyl (C=O) groups is 1. The van der Waals surface area contributed by atoms with E-state index < -0.39 is 0 Å². The van der Waals surface area contributed by atoms with Crippen LogP contribution in [0.5, 0.6) is 0 Å². The van der Waals surface area contributed by atoms with E-state index in [1.165, 1.54) is 11.3 Å². The zero-order chi connectivity index (χ0) is 20.4. The molecule has 2 heterocycles. The highest BCUT2D eigenvalue weighted by Crippen LogP contribution is 2.27. The molecule has 0 radical (unpaired) electrons. The van der Waals surface area contributed by atoms with Crippen molar-refractivity contribution >= 4 is 22.4 Å². The summed E-state index contributed by atoms with van der Waals surface area (Å²) in [6.07, 6.45) is 0. The van der Waals surface area contributed by atoms with Crippen LogP contribution in [0.25, 0.3) is 17.1 Å². The van der Waals surface area contributed by atoms with E-state index in [1.807, 2.05) is 66.0 Å². The lowest BCUT2D eigenvalue weighted by Gasteiger charge is -2.14. The molecule has 2 aromatic carbocycles. The maximum absolute atomic E-state index is 12.8. The van der Waals surface area contributed by atoms with Gasteiger partial charge in [0.2, 0.25) is 5.82 Å². The fourth-order valence-corrected chi connectivity index (χ4v) is 3.69. The van der Waals surface area contributed by atoms with E-state index in [0.717, 1.165) is 16.9 Å². The highest BCUT2D eigenvalue weighted by atomic mass is 32.1. The van der Waals surface area contributed by atoms with Crippen LogP contribution in [0.1, 0.15) is 37.1 Å². The molecule has 0 fully saturated rings. The lowest BCUT2D eigenvalue weighted by atomic mass is 9.93. The minimum absolute atomic E-state index is 0.0763. The molecule has 0 atom stereocenters. The number of rotatable bonds is 4. The molecular weight excluding hydrogens is 382 g/mol. The van der Waals surface area contributed by atoms with Gasteiger partial charge in [0.1, 0.15) is 0 Å². The van der Waals surface area contributed by atoms with Crippen LogP contribution in [-0.4, -0.2) is 25.7 Å². The minimum Gasteiger partial charge on any atom is -0.295 e. The van der Waals surface area contributed by atoms with Gasteiger partial charge in [-0.05, 0) is 12.1 Å². The van der Waals surface area contributed by atoms with Gasteiger partial charge in [0.25, 0.3) is 5.91 Å². The monoisotopic (exact) mass is 403 g/mol. The molecule has 4 rings (SSSR count). The summed E-state index contributed by atoms with van der Waals surface area (Å²) < 4.78 is 1.69. The number of nitrogens with zero attached hydrogens (tertiary/aromatic N) is 4. The van der Waals surface area contributed by atoms with Crippen molar-refractivity contribution < 1.29 is 4.79 Å². The van der Waals surface area contributed by atoms with Gasteiger partial charge in [0, 0.05) is 16.4 Å². The first kappa shape index (κ1) is 19.0. The van der Waals surface area contributed by atoms with Gasteiger partial charge in [-0.25, -0.2) is 14.6 Å². The molecule has 0 unspecified atom stereocenters. The topological polar surface area (TPSA) is 72.7 Å². The Labute approximate surface area is 173 Å². The van der Waals surface area contributed by atoms with Crippen molar-refractivity contribution in [3.63, 3.8) is 0 Å². The van der Waals surface area contributed by atoms with Crippen molar-refractivity contribution in [2.75, 3.05) is 5.32 Å². The van der Waals surface area contributed by atoms with E-state index >= 15 is 0 Å². The molecule has 0 saturated carbocycles. The second-order valence-electron chi connectivity index (χ2n) is 7.61. The van der Waals surface area contributed by atoms with E-state index in [1.54, 1.807) is 4.68 Å². The lowest BCUT2D eigenvalue weighted by Crippen LogP contribution is -2.15. The average Bonchev–Trinajstić information content (AvgIpc) is 3.36. The average molecular weight is 404 g/mol. The molecule has 2 aromatic heterocycles. The van der Waals surface area contributed by atoms with Crippen LogP contribution >= 0.6 is 11.3 Å². The Kier molecular flexibility index (Phi) is 4.98. The highest BCUT2D eigenvalue weighted by molar-refractivity contribution is 7.14. The van der Waals surface area contributed by atoms with Gasteiger partial charge < -0.3 is 0 Å². The molecule has 6 nitrogen and oxygen atoms in total. The van der Waals surface area contributed by atoms with Gasteiger partial charge in [-0.3, -0.25) is 10.1 Å². The van der Waals surface area contributed by atoms with Crippen molar-refractivity contribution in [2.45, 2.75) is 26.2 Å². The second kappa shape index (κ2) is 7.60. The number of benzene rings is 2. The van der Waals surface area contributed by atoms with E-state index in [-0.39, 0.29) is 17.1 Å². The first-order valence-electron chi connectivity index (χ1n) is 9.27. The standard InChI is InChI=1S/C22H21N5OS/c1-22(2,3)17-14-29-21(23-17)25-20(28)18-24-19(15-10-6-4-7-11-15)27(26-18)16-12-8-5-9-13-16/h4-14H,1-3H3,(H,23,25,28). The van der Waals surface area contributed by atoms with Crippen LogP contribution in [0.4, 0.5) is 5.13 Å². The summed E-state index contributed by atoms with van der Waals surface area (Å²) in [6.45, 7) is 6.26. The predicted molar refractivity (Wildman–Crippen MR) is 116 cm³/mol. The van der Waals surface area contributed by atoms with Crippen LogP contribution in [0.2, 0.25) is 0 Å². The molecule has 29 heavy (non-hydrogen) atoms. The Morgan fingerprint density at radius 3 is 2.24 bits per heavy atom. The number of aromatic nitrogens is 4. The van der Waals surface area contributed by atoms with Crippen LogP contribution in [-0.2, 0) is 5.41 Å². The van der Waals surface area contributed by atoms with Gasteiger partial charge in [-0.2, -0.15) is 0 Å². The SMILES string of the molecule is CC(C)(C)c1csc(NC(=O)c2nc(-c3ccccc3)n(-c3ccccc3)n2)n1. The molecule has 0 saturated heterocycles. The number of hydrogen-bond donors (Lipinski definition) is 1. The first-order chi connectivity index (χ1) is 13.9. The van der Waals surface area contributed by atoms with E-state index in [9.17, 15) is 4.79 Å². The Hall–Kier alpha value is -3.32. The number of carbonyl (C=O) groups excluding carboxylic acids is 1. The maximum Gasteiger partial charge on any atom is 0.297 e. The number of amides is 1. The van der Waals surface area contributed by atoms with Crippen LogP contribution in [0.15, 0.2) is 66.0 Å². The number of thiazole rings is 1. The number of nitrogens with one attached hydrogen (secondary N) is 1. The molecule has 4 aromatic rings. The Morgan fingerprint density at radius 1 is 0.966 bits per heavy atom. The fraction of sp³-hybridized carbons (Fsp3) is 0.182. The summed E-state index contributed by atoms with van der Waals surface area (Å²) >= 11 is 1.40. The summed E-state index contributed by atoms with van der Waals surface area (Å²) in [6, 6.07) is 19.3. The number of hydrogen-bond acceptors (Lipinski definition) is 5. The molecular formula is C22H21N5OS.